The number of allylic oxidation sites excluding steroid dienone is 1. The minimum absolute atomic E-state index is 0.0688. The Morgan fingerprint density at radius 2 is 2.33 bits per heavy atom. The molecule has 0 aliphatic carbocycles. The molecule has 1 amide bonds. The molecule has 2 nitrogen and oxygen atoms in total. The van der Waals surface area contributed by atoms with E-state index in [1.807, 2.05) is 6.92 Å². The van der Waals surface area contributed by atoms with Gasteiger partial charge in [-0.2, -0.15) is 0 Å². The molecule has 0 radical (unpaired) electrons. The number of carbonyl (C=O) groups excluding carboxylic acids is 1. The van der Waals surface area contributed by atoms with Crippen molar-refractivity contribution in [3.63, 3.8) is 0 Å². The monoisotopic (exact) mass is 169 g/mol. The predicted octanol–water partition coefficient (Wildman–Crippen LogP) is 2.11. The van der Waals surface area contributed by atoms with E-state index in [9.17, 15) is 4.79 Å². The molecule has 1 atom stereocenters. The van der Waals surface area contributed by atoms with E-state index in [0.717, 1.165) is 25.8 Å². The molecule has 0 fully saturated rings. The third kappa shape index (κ3) is 4.94. The molecular weight excluding hydrogens is 150 g/mol. The van der Waals surface area contributed by atoms with Crippen LogP contribution < -0.4 is 5.32 Å². The SMILES string of the molecule is C=CCC(C)C(=O)NCCCC. The Morgan fingerprint density at radius 1 is 1.67 bits per heavy atom. The van der Waals surface area contributed by atoms with Crippen LogP contribution in [0.3, 0.4) is 0 Å². The highest BCUT2D eigenvalue weighted by Crippen LogP contribution is 2.01. The highest BCUT2D eigenvalue weighted by molar-refractivity contribution is 5.78. The number of nitrogens with one attached hydrogen (secondary N) is 1. The van der Waals surface area contributed by atoms with Crippen LogP contribution in [-0.4, -0.2) is 12.5 Å². The summed E-state index contributed by atoms with van der Waals surface area (Å²) < 4.78 is 0. The summed E-state index contributed by atoms with van der Waals surface area (Å²) in [5.41, 5.74) is 0. The number of hydrogen-bond donors (Lipinski definition) is 1. The van der Waals surface area contributed by atoms with Gasteiger partial charge in [0.2, 0.25) is 5.91 Å². The van der Waals surface area contributed by atoms with Gasteiger partial charge in [-0.05, 0) is 12.8 Å². The van der Waals surface area contributed by atoms with E-state index in [1.54, 1.807) is 6.08 Å². The normalized spacial score (nSPS) is 12.2. The van der Waals surface area contributed by atoms with E-state index >= 15 is 0 Å². The zero-order chi connectivity index (χ0) is 9.40. The maximum absolute atomic E-state index is 11.2. The molecule has 0 aromatic heterocycles. The molecule has 0 aliphatic rings. The average molecular weight is 169 g/mol. The van der Waals surface area contributed by atoms with Gasteiger partial charge in [-0.25, -0.2) is 0 Å². The number of carbonyl (C=O) groups is 1. The smallest absolute Gasteiger partial charge is 0.223 e. The van der Waals surface area contributed by atoms with Crippen molar-refractivity contribution < 1.29 is 4.79 Å². The van der Waals surface area contributed by atoms with Gasteiger partial charge in [-0.1, -0.05) is 26.3 Å². The van der Waals surface area contributed by atoms with Crippen LogP contribution in [0.4, 0.5) is 0 Å². The van der Waals surface area contributed by atoms with Crippen molar-refractivity contribution in [2.75, 3.05) is 6.54 Å². The molecule has 0 saturated carbocycles. The second-order valence-corrected chi connectivity index (χ2v) is 3.07. The van der Waals surface area contributed by atoms with E-state index in [2.05, 4.69) is 18.8 Å². The summed E-state index contributed by atoms with van der Waals surface area (Å²) in [4.78, 5) is 11.2. The van der Waals surface area contributed by atoms with Crippen molar-refractivity contribution in [1.82, 2.24) is 5.32 Å². The first-order valence-electron chi connectivity index (χ1n) is 4.61. The van der Waals surface area contributed by atoms with Crippen LogP contribution >= 0.6 is 0 Å². The lowest BCUT2D eigenvalue weighted by atomic mass is 10.1. The molecule has 70 valence electrons. The first-order chi connectivity index (χ1) is 5.72. The Hall–Kier alpha value is -0.790. The Balaban J connectivity index is 3.49. The number of amides is 1. The molecule has 0 saturated heterocycles. The topological polar surface area (TPSA) is 29.1 Å². The van der Waals surface area contributed by atoms with Crippen LogP contribution in [0.5, 0.6) is 0 Å². The molecule has 0 aromatic rings. The van der Waals surface area contributed by atoms with Crippen LogP contribution in [0.15, 0.2) is 12.7 Å². The molecule has 12 heavy (non-hydrogen) atoms. The standard InChI is InChI=1S/C10H19NO/c1-4-6-8-11-10(12)9(3)7-5-2/h5,9H,2,4,6-8H2,1,3H3,(H,11,12). The van der Waals surface area contributed by atoms with E-state index in [0.29, 0.717) is 0 Å². The molecule has 0 aliphatic heterocycles. The Kier molecular flexibility index (Phi) is 6.44. The molecule has 1 N–H and O–H groups in total. The maximum atomic E-state index is 11.2. The van der Waals surface area contributed by atoms with Crippen LogP contribution in [-0.2, 0) is 4.79 Å². The zero-order valence-electron chi connectivity index (χ0n) is 8.10. The second kappa shape index (κ2) is 6.89. The highest BCUT2D eigenvalue weighted by atomic mass is 16.1. The van der Waals surface area contributed by atoms with Crippen molar-refractivity contribution in [2.45, 2.75) is 33.1 Å². The molecule has 2 heteroatoms. The fourth-order valence-electron chi connectivity index (χ4n) is 0.920. The first-order valence-corrected chi connectivity index (χ1v) is 4.61. The van der Waals surface area contributed by atoms with Crippen LogP contribution in [0.25, 0.3) is 0 Å². The average Bonchev–Trinajstić information content (AvgIpc) is 2.05. The van der Waals surface area contributed by atoms with Gasteiger partial charge in [0.05, 0.1) is 0 Å². The van der Waals surface area contributed by atoms with Gasteiger partial charge < -0.3 is 5.32 Å². The molecular formula is C10H19NO. The molecule has 1 unspecified atom stereocenters. The summed E-state index contributed by atoms with van der Waals surface area (Å²) in [7, 11) is 0. The largest absolute Gasteiger partial charge is 0.356 e. The Labute approximate surface area is 75.0 Å². The molecule has 0 aromatic carbocycles. The molecule has 0 spiro atoms. The van der Waals surface area contributed by atoms with Crippen molar-refractivity contribution in [1.29, 1.82) is 0 Å². The summed E-state index contributed by atoms with van der Waals surface area (Å²) in [6, 6.07) is 0. The number of hydrogen-bond acceptors (Lipinski definition) is 1. The summed E-state index contributed by atoms with van der Waals surface area (Å²) in [6.45, 7) is 8.43. The Bertz CT molecular complexity index is 143. The predicted molar refractivity (Wildman–Crippen MR) is 51.9 cm³/mol. The van der Waals surface area contributed by atoms with Gasteiger partial charge in [0.1, 0.15) is 0 Å². The van der Waals surface area contributed by atoms with Crippen LogP contribution in [0.2, 0.25) is 0 Å². The first kappa shape index (κ1) is 11.2. The van der Waals surface area contributed by atoms with Gasteiger partial charge in [0.25, 0.3) is 0 Å². The quantitative estimate of drug-likeness (QED) is 0.479. The second-order valence-electron chi connectivity index (χ2n) is 3.07. The summed E-state index contributed by atoms with van der Waals surface area (Å²) in [5.74, 6) is 0.211. The van der Waals surface area contributed by atoms with Crippen molar-refractivity contribution in [3.05, 3.63) is 12.7 Å². The summed E-state index contributed by atoms with van der Waals surface area (Å²) in [5, 5.41) is 2.88. The third-order valence-electron chi connectivity index (χ3n) is 1.80. The van der Waals surface area contributed by atoms with Crippen molar-refractivity contribution in [2.24, 2.45) is 5.92 Å². The van der Waals surface area contributed by atoms with Crippen molar-refractivity contribution in [3.8, 4) is 0 Å². The number of rotatable bonds is 6. The zero-order valence-corrected chi connectivity index (χ0v) is 8.10. The minimum Gasteiger partial charge on any atom is -0.356 e. The van der Waals surface area contributed by atoms with Crippen LogP contribution in [0.1, 0.15) is 33.1 Å². The molecule has 0 rings (SSSR count). The van der Waals surface area contributed by atoms with E-state index in [-0.39, 0.29) is 11.8 Å². The van der Waals surface area contributed by atoms with Gasteiger partial charge >= 0.3 is 0 Å². The number of unbranched alkanes of at least 4 members (excludes halogenated alkanes) is 1. The van der Waals surface area contributed by atoms with Gasteiger partial charge in [0.15, 0.2) is 0 Å². The van der Waals surface area contributed by atoms with Crippen molar-refractivity contribution >= 4 is 5.91 Å². The minimum atomic E-state index is 0.0688. The van der Waals surface area contributed by atoms with Gasteiger partial charge in [0, 0.05) is 12.5 Å². The van der Waals surface area contributed by atoms with Gasteiger partial charge in [-0.15, -0.1) is 6.58 Å². The maximum Gasteiger partial charge on any atom is 0.223 e. The summed E-state index contributed by atoms with van der Waals surface area (Å²) >= 11 is 0. The lowest BCUT2D eigenvalue weighted by molar-refractivity contribution is -0.124. The fourth-order valence-corrected chi connectivity index (χ4v) is 0.920. The summed E-state index contributed by atoms with van der Waals surface area (Å²) in [6.07, 6.45) is 4.73. The Morgan fingerprint density at radius 3 is 2.83 bits per heavy atom. The molecule has 0 bridgehead atoms. The lowest BCUT2D eigenvalue weighted by Gasteiger charge is -2.08. The highest BCUT2D eigenvalue weighted by Gasteiger charge is 2.08. The van der Waals surface area contributed by atoms with Gasteiger partial charge in [-0.3, -0.25) is 4.79 Å². The lowest BCUT2D eigenvalue weighted by Crippen LogP contribution is -2.29. The van der Waals surface area contributed by atoms with E-state index in [1.165, 1.54) is 0 Å². The fraction of sp³-hybridized carbons (Fsp3) is 0.700. The third-order valence-corrected chi connectivity index (χ3v) is 1.80. The van der Waals surface area contributed by atoms with E-state index in [4.69, 9.17) is 0 Å². The molecule has 0 heterocycles. The van der Waals surface area contributed by atoms with Crippen LogP contribution in [0, 0.1) is 5.92 Å². The van der Waals surface area contributed by atoms with E-state index < -0.39 is 0 Å².